The van der Waals surface area contributed by atoms with E-state index in [0.717, 1.165) is 37.1 Å². The van der Waals surface area contributed by atoms with E-state index in [1.165, 1.54) is 5.56 Å². The zero-order chi connectivity index (χ0) is 13.3. The summed E-state index contributed by atoms with van der Waals surface area (Å²) < 4.78 is 12.9. The Morgan fingerprint density at radius 2 is 1.74 bits per heavy atom. The number of likely N-dealkylation sites (N-methyl/N-ethyl adjacent to an activating group) is 1. The van der Waals surface area contributed by atoms with Gasteiger partial charge in [0.1, 0.15) is 12.1 Å². The topological polar surface area (TPSA) is 18.5 Å². The van der Waals surface area contributed by atoms with Crippen LogP contribution in [0.4, 0.5) is 0 Å². The Morgan fingerprint density at radius 3 is 2.37 bits per heavy atom. The molecule has 0 N–H and O–H groups in total. The van der Waals surface area contributed by atoms with Gasteiger partial charge in [-0.05, 0) is 5.56 Å². The third-order valence-corrected chi connectivity index (χ3v) is 4.90. The number of nitrogens with zero attached hydrogens (tertiary/aromatic N) is 1. The molecule has 3 rings (SSSR count). The average Bonchev–Trinajstić information content (AvgIpc) is 2.37. The molecule has 0 saturated carbocycles. The number of quaternary nitrogens is 1. The van der Waals surface area contributed by atoms with Crippen LogP contribution in [-0.2, 0) is 16.1 Å². The molecule has 2 unspecified atom stereocenters. The van der Waals surface area contributed by atoms with Crippen molar-refractivity contribution in [1.82, 2.24) is 0 Å². The first-order valence-corrected chi connectivity index (χ1v) is 7.23. The minimum Gasteiger partial charge on any atom is -0.373 e. The molecule has 3 heteroatoms. The molecule has 0 radical (unpaired) electrons. The SMILES string of the molecule is C[N+]1(C)C2COCC1CC(OCc1ccccc1)C2. The maximum atomic E-state index is 6.13. The van der Waals surface area contributed by atoms with Gasteiger partial charge in [0.2, 0.25) is 0 Å². The van der Waals surface area contributed by atoms with Crippen LogP contribution in [-0.4, -0.2) is 50.0 Å². The number of ether oxygens (including phenoxy) is 2. The van der Waals surface area contributed by atoms with Gasteiger partial charge in [-0.1, -0.05) is 30.3 Å². The summed E-state index contributed by atoms with van der Waals surface area (Å²) in [5.41, 5.74) is 1.27. The van der Waals surface area contributed by atoms with E-state index in [4.69, 9.17) is 9.47 Å². The Kier molecular flexibility index (Phi) is 3.61. The summed E-state index contributed by atoms with van der Waals surface area (Å²) in [5, 5.41) is 0. The Hall–Kier alpha value is -0.900. The van der Waals surface area contributed by atoms with E-state index in [2.05, 4.69) is 38.4 Å². The van der Waals surface area contributed by atoms with Crippen LogP contribution < -0.4 is 0 Å². The van der Waals surface area contributed by atoms with Crippen LogP contribution in [0.2, 0.25) is 0 Å². The third kappa shape index (κ3) is 2.69. The van der Waals surface area contributed by atoms with Gasteiger partial charge in [-0.3, -0.25) is 0 Å². The summed E-state index contributed by atoms with van der Waals surface area (Å²) in [6, 6.07) is 11.6. The number of hydrogen-bond donors (Lipinski definition) is 0. The number of fused-ring (bicyclic) bond motifs is 2. The second kappa shape index (κ2) is 5.23. The highest BCUT2D eigenvalue weighted by Gasteiger charge is 2.47. The Morgan fingerprint density at radius 1 is 1.11 bits per heavy atom. The first-order valence-electron chi connectivity index (χ1n) is 7.23. The summed E-state index contributed by atoms with van der Waals surface area (Å²) in [5.74, 6) is 0. The number of benzene rings is 1. The van der Waals surface area contributed by atoms with Crippen molar-refractivity contribution in [3.8, 4) is 0 Å². The molecule has 2 atom stereocenters. The van der Waals surface area contributed by atoms with E-state index < -0.39 is 0 Å². The van der Waals surface area contributed by atoms with E-state index in [-0.39, 0.29) is 0 Å². The summed E-state index contributed by atoms with van der Waals surface area (Å²) in [4.78, 5) is 0. The van der Waals surface area contributed by atoms with Gasteiger partial charge in [-0.15, -0.1) is 0 Å². The second-order valence-corrected chi connectivity index (χ2v) is 6.36. The normalized spacial score (nSPS) is 33.1. The lowest BCUT2D eigenvalue weighted by Crippen LogP contribution is -2.67. The van der Waals surface area contributed by atoms with Crippen molar-refractivity contribution in [3.63, 3.8) is 0 Å². The van der Waals surface area contributed by atoms with Crippen LogP contribution in [0.1, 0.15) is 18.4 Å². The molecule has 2 saturated heterocycles. The molecule has 19 heavy (non-hydrogen) atoms. The minimum atomic E-state index is 0.394. The lowest BCUT2D eigenvalue weighted by Gasteiger charge is -2.52. The molecule has 2 aliphatic rings. The molecule has 104 valence electrons. The van der Waals surface area contributed by atoms with Gasteiger partial charge in [0.05, 0.1) is 40.0 Å². The first kappa shape index (κ1) is 13.1. The van der Waals surface area contributed by atoms with Crippen molar-refractivity contribution in [2.75, 3.05) is 27.3 Å². The molecular weight excluding hydrogens is 238 g/mol. The quantitative estimate of drug-likeness (QED) is 0.778. The fraction of sp³-hybridized carbons (Fsp3) is 0.625. The molecule has 2 fully saturated rings. The average molecular weight is 262 g/mol. The van der Waals surface area contributed by atoms with Gasteiger partial charge in [0.15, 0.2) is 0 Å². The zero-order valence-electron chi connectivity index (χ0n) is 11.9. The van der Waals surface area contributed by atoms with Crippen molar-refractivity contribution in [1.29, 1.82) is 0 Å². The Labute approximate surface area is 115 Å². The van der Waals surface area contributed by atoms with Gasteiger partial charge in [-0.2, -0.15) is 0 Å². The monoisotopic (exact) mass is 262 g/mol. The van der Waals surface area contributed by atoms with Crippen molar-refractivity contribution in [2.24, 2.45) is 0 Å². The van der Waals surface area contributed by atoms with Gasteiger partial charge in [0.25, 0.3) is 0 Å². The molecule has 1 aromatic rings. The summed E-state index contributed by atoms with van der Waals surface area (Å²) in [7, 11) is 4.68. The zero-order valence-corrected chi connectivity index (χ0v) is 11.9. The summed E-state index contributed by atoms with van der Waals surface area (Å²) in [6.07, 6.45) is 2.64. The van der Waals surface area contributed by atoms with E-state index in [9.17, 15) is 0 Å². The molecule has 3 nitrogen and oxygen atoms in total. The van der Waals surface area contributed by atoms with Crippen molar-refractivity contribution in [2.45, 2.75) is 37.6 Å². The van der Waals surface area contributed by atoms with E-state index in [1.54, 1.807) is 0 Å². The van der Waals surface area contributed by atoms with Crippen LogP contribution in [0.3, 0.4) is 0 Å². The summed E-state index contributed by atoms with van der Waals surface area (Å²) >= 11 is 0. The second-order valence-electron chi connectivity index (χ2n) is 6.36. The Balaban J connectivity index is 1.59. The first-order chi connectivity index (χ1) is 9.16. The fourth-order valence-corrected chi connectivity index (χ4v) is 3.33. The highest BCUT2D eigenvalue weighted by molar-refractivity contribution is 5.13. The molecule has 2 aliphatic heterocycles. The number of morpholine rings is 1. The van der Waals surface area contributed by atoms with Crippen molar-refractivity contribution >= 4 is 0 Å². The molecule has 0 spiro atoms. The highest BCUT2D eigenvalue weighted by Crippen LogP contribution is 2.33. The van der Waals surface area contributed by atoms with Crippen LogP contribution in [0.5, 0.6) is 0 Å². The molecule has 2 bridgehead atoms. The molecule has 0 aliphatic carbocycles. The minimum absolute atomic E-state index is 0.394. The van der Waals surface area contributed by atoms with Crippen molar-refractivity contribution < 1.29 is 14.0 Å². The summed E-state index contributed by atoms with van der Waals surface area (Å²) in [6.45, 7) is 2.50. The number of piperidine rings is 1. The highest BCUT2D eigenvalue weighted by atomic mass is 16.5. The van der Waals surface area contributed by atoms with Crippen molar-refractivity contribution in [3.05, 3.63) is 35.9 Å². The smallest absolute Gasteiger partial charge is 0.115 e. The lowest BCUT2D eigenvalue weighted by molar-refractivity contribution is -0.953. The molecule has 1 aromatic carbocycles. The number of hydrogen-bond acceptors (Lipinski definition) is 2. The molecule has 0 amide bonds. The predicted molar refractivity (Wildman–Crippen MR) is 74.8 cm³/mol. The lowest BCUT2D eigenvalue weighted by atomic mass is 9.90. The standard InChI is InChI=1S/C16H24NO2/c1-17(2)14-8-16(9-15(17)12-18-11-14)19-10-13-6-4-3-5-7-13/h3-7,14-16H,8-12H2,1-2H3/q+1. The van der Waals surface area contributed by atoms with Gasteiger partial charge < -0.3 is 14.0 Å². The largest absolute Gasteiger partial charge is 0.373 e. The fourth-order valence-electron chi connectivity index (χ4n) is 3.33. The number of rotatable bonds is 3. The van der Waals surface area contributed by atoms with E-state index >= 15 is 0 Å². The van der Waals surface area contributed by atoms with Gasteiger partial charge in [0, 0.05) is 12.8 Å². The van der Waals surface area contributed by atoms with Crippen LogP contribution >= 0.6 is 0 Å². The van der Waals surface area contributed by atoms with Gasteiger partial charge in [-0.25, -0.2) is 0 Å². The van der Waals surface area contributed by atoms with E-state index in [1.807, 2.05) is 6.07 Å². The maximum Gasteiger partial charge on any atom is 0.115 e. The molecule has 0 aromatic heterocycles. The predicted octanol–water partition coefficient (Wildman–Crippen LogP) is 2.21. The van der Waals surface area contributed by atoms with Crippen LogP contribution in [0.25, 0.3) is 0 Å². The third-order valence-electron chi connectivity index (χ3n) is 4.90. The Bertz CT molecular complexity index is 402. The van der Waals surface area contributed by atoms with Crippen LogP contribution in [0, 0.1) is 0 Å². The maximum absolute atomic E-state index is 6.13. The molecular formula is C16H24NO2+. The van der Waals surface area contributed by atoms with E-state index in [0.29, 0.717) is 18.2 Å². The molecule has 2 heterocycles. The van der Waals surface area contributed by atoms with Gasteiger partial charge >= 0.3 is 0 Å². The van der Waals surface area contributed by atoms with Crippen LogP contribution in [0.15, 0.2) is 30.3 Å².